The zero-order chi connectivity index (χ0) is 10.7. The molecule has 0 spiro atoms. The molecule has 0 unspecified atom stereocenters. The summed E-state index contributed by atoms with van der Waals surface area (Å²) in [6, 6.07) is 0. The molecule has 4 nitrogen and oxygen atoms in total. The van der Waals surface area contributed by atoms with Gasteiger partial charge in [-0.15, -0.1) is 0 Å². The van der Waals surface area contributed by atoms with Gasteiger partial charge in [-0.1, -0.05) is 0 Å². The van der Waals surface area contributed by atoms with E-state index in [4.69, 9.17) is 0 Å². The smallest absolute Gasteiger partial charge is 0.153 e. The Balaban J connectivity index is 2.28. The van der Waals surface area contributed by atoms with Crippen molar-refractivity contribution in [3.8, 4) is 0 Å². The van der Waals surface area contributed by atoms with Crippen LogP contribution in [-0.4, -0.2) is 36.4 Å². The first kappa shape index (κ1) is 10.5. The zero-order valence-corrected chi connectivity index (χ0v) is 9.64. The second kappa shape index (κ2) is 4.66. The first-order valence-corrected chi connectivity index (χ1v) is 5.88. The molecule has 0 radical (unpaired) electrons. The van der Waals surface area contributed by atoms with Crippen molar-refractivity contribution in [1.82, 2.24) is 15.5 Å². The second-order valence-corrected chi connectivity index (χ2v) is 3.93. The molecule has 2 heterocycles. The van der Waals surface area contributed by atoms with E-state index in [1.807, 2.05) is 0 Å². The maximum Gasteiger partial charge on any atom is 0.153 e. The van der Waals surface area contributed by atoms with E-state index in [1.54, 1.807) is 0 Å². The number of aromatic nitrogens is 2. The molecule has 0 bridgehead atoms. The average molecular weight is 208 g/mol. The van der Waals surface area contributed by atoms with Gasteiger partial charge in [0.2, 0.25) is 0 Å². The summed E-state index contributed by atoms with van der Waals surface area (Å²) in [6.45, 7) is 8.55. The molecule has 0 aromatic carbocycles. The van der Waals surface area contributed by atoms with Gasteiger partial charge in [0.05, 0.1) is 0 Å². The number of nitrogens with one attached hydrogen (secondary N) is 2. The molecule has 4 heteroatoms. The summed E-state index contributed by atoms with van der Waals surface area (Å²) in [5, 5.41) is 11.1. The highest BCUT2D eigenvalue weighted by Crippen LogP contribution is 2.22. The van der Waals surface area contributed by atoms with Crippen molar-refractivity contribution < 1.29 is 0 Å². The van der Waals surface area contributed by atoms with E-state index in [2.05, 4.69) is 34.3 Å². The average Bonchev–Trinajstić information content (AvgIpc) is 2.51. The van der Waals surface area contributed by atoms with Gasteiger partial charge in [0.1, 0.15) is 0 Å². The molecule has 0 atom stereocenters. The van der Waals surface area contributed by atoms with Crippen molar-refractivity contribution in [3.63, 3.8) is 0 Å². The van der Waals surface area contributed by atoms with Gasteiger partial charge >= 0.3 is 0 Å². The second-order valence-electron chi connectivity index (χ2n) is 3.93. The van der Waals surface area contributed by atoms with Crippen LogP contribution in [0.3, 0.4) is 0 Å². The topological polar surface area (TPSA) is 44.0 Å². The molecule has 2 N–H and O–H groups in total. The SMILES string of the molecule is CCN(CC)c1n[nH]c2c1CCNCC2. The summed E-state index contributed by atoms with van der Waals surface area (Å²) in [6.07, 6.45) is 2.17. The number of hydrogen-bond acceptors (Lipinski definition) is 3. The molecule has 2 rings (SSSR count). The van der Waals surface area contributed by atoms with E-state index in [9.17, 15) is 0 Å². The standard InChI is InChI=1S/C11H20N4/c1-3-15(4-2)11-9-5-7-12-8-6-10(9)13-14-11/h12H,3-8H2,1-2H3,(H,13,14). The molecule has 1 aliphatic heterocycles. The third-order valence-corrected chi connectivity index (χ3v) is 3.10. The van der Waals surface area contributed by atoms with E-state index in [0.717, 1.165) is 39.0 Å². The van der Waals surface area contributed by atoms with Crippen LogP contribution in [0.2, 0.25) is 0 Å². The fourth-order valence-electron chi connectivity index (χ4n) is 2.20. The number of nitrogens with zero attached hydrogens (tertiary/aromatic N) is 2. The van der Waals surface area contributed by atoms with Crippen LogP contribution in [0.1, 0.15) is 25.1 Å². The predicted molar refractivity (Wildman–Crippen MR) is 62.4 cm³/mol. The largest absolute Gasteiger partial charge is 0.355 e. The van der Waals surface area contributed by atoms with Gasteiger partial charge in [0.15, 0.2) is 5.82 Å². The highest BCUT2D eigenvalue weighted by molar-refractivity contribution is 5.49. The minimum atomic E-state index is 1.03. The van der Waals surface area contributed by atoms with Crippen LogP contribution in [-0.2, 0) is 12.8 Å². The van der Waals surface area contributed by atoms with Crippen LogP contribution >= 0.6 is 0 Å². The van der Waals surface area contributed by atoms with Crippen molar-refractivity contribution in [2.75, 3.05) is 31.1 Å². The normalized spacial score (nSPS) is 15.9. The molecule has 84 valence electrons. The molecular formula is C11H20N4. The molecule has 0 saturated heterocycles. The summed E-state index contributed by atoms with van der Waals surface area (Å²) in [7, 11) is 0. The summed E-state index contributed by atoms with van der Waals surface area (Å²) in [4.78, 5) is 2.32. The minimum absolute atomic E-state index is 1.03. The van der Waals surface area contributed by atoms with Crippen LogP contribution in [0.5, 0.6) is 0 Å². The van der Waals surface area contributed by atoms with Crippen LogP contribution in [0.25, 0.3) is 0 Å². The Bertz CT molecular complexity index is 314. The Labute approximate surface area is 91.1 Å². The van der Waals surface area contributed by atoms with Crippen molar-refractivity contribution >= 4 is 5.82 Å². The third-order valence-electron chi connectivity index (χ3n) is 3.10. The maximum atomic E-state index is 4.45. The molecule has 0 amide bonds. The van der Waals surface area contributed by atoms with Crippen molar-refractivity contribution in [2.24, 2.45) is 0 Å². The first-order valence-electron chi connectivity index (χ1n) is 5.88. The number of aromatic amines is 1. The van der Waals surface area contributed by atoms with Crippen molar-refractivity contribution in [3.05, 3.63) is 11.3 Å². The highest BCUT2D eigenvalue weighted by Gasteiger charge is 2.18. The Morgan fingerprint density at radius 1 is 1.20 bits per heavy atom. The fourth-order valence-corrected chi connectivity index (χ4v) is 2.20. The van der Waals surface area contributed by atoms with Gasteiger partial charge in [-0.25, -0.2) is 0 Å². The predicted octanol–water partition coefficient (Wildman–Crippen LogP) is 0.944. The highest BCUT2D eigenvalue weighted by atomic mass is 15.3. The summed E-state index contributed by atoms with van der Waals surface area (Å²) >= 11 is 0. The lowest BCUT2D eigenvalue weighted by Gasteiger charge is -2.19. The van der Waals surface area contributed by atoms with Crippen LogP contribution in [0.15, 0.2) is 0 Å². The lowest BCUT2D eigenvalue weighted by molar-refractivity contribution is 0.700. The summed E-state index contributed by atoms with van der Waals surface area (Å²) in [5.74, 6) is 1.17. The zero-order valence-electron chi connectivity index (χ0n) is 9.64. The number of hydrogen-bond donors (Lipinski definition) is 2. The van der Waals surface area contributed by atoms with Gasteiger partial charge < -0.3 is 10.2 Å². The van der Waals surface area contributed by atoms with E-state index < -0.39 is 0 Å². The Hall–Kier alpha value is -1.03. The van der Waals surface area contributed by atoms with E-state index >= 15 is 0 Å². The van der Waals surface area contributed by atoms with E-state index in [-0.39, 0.29) is 0 Å². The molecule has 0 aliphatic carbocycles. The molecule has 0 fully saturated rings. The molecule has 1 aromatic heterocycles. The summed E-state index contributed by atoms with van der Waals surface area (Å²) in [5.41, 5.74) is 2.74. The van der Waals surface area contributed by atoms with Crippen LogP contribution in [0, 0.1) is 0 Å². The lowest BCUT2D eigenvalue weighted by atomic mass is 10.1. The summed E-state index contributed by atoms with van der Waals surface area (Å²) < 4.78 is 0. The maximum absolute atomic E-state index is 4.45. The lowest BCUT2D eigenvalue weighted by Crippen LogP contribution is -2.24. The van der Waals surface area contributed by atoms with E-state index in [1.165, 1.54) is 17.1 Å². The Morgan fingerprint density at radius 3 is 2.67 bits per heavy atom. The quantitative estimate of drug-likeness (QED) is 0.777. The number of anilines is 1. The fraction of sp³-hybridized carbons (Fsp3) is 0.727. The van der Waals surface area contributed by atoms with Gasteiger partial charge in [0, 0.05) is 37.3 Å². The third kappa shape index (κ3) is 2.00. The first-order chi connectivity index (χ1) is 7.36. The molecule has 0 saturated carbocycles. The molecule has 1 aliphatic rings. The number of fused-ring (bicyclic) bond motifs is 1. The minimum Gasteiger partial charge on any atom is -0.355 e. The molecule has 15 heavy (non-hydrogen) atoms. The van der Waals surface area contributed by atoms with Crippen LogP contribution < -0.4 is 10.2 Å². The van der Waals surface area contributed by atoms with Crippen LogP contribution in [0.4, 0.5) is 5.82 Å². The Morgan fingerprint density at radius 2 is 1.93 bits per heavy atom. The van der Waals surface area contributed by atoms with Crippen molar-refractivity contribution in [1.29, 1.82) is 0 Å². The molecule has 1 aromatic rings. The monoisotopic (exact) mass is 208 g/mol. The van der Waals surface area contributed by atoms with Gasteiger partial charge in [-0.05, 0) is 26.8 Å². The van der Waals surface area contributed by atoms with E-state index in [0.29, 0.717) is 0 Å². The van der Waals surface area contributed by atoms with Gasteiger partial charge in [-0.2, -0.15) is 5.10 Å². The number of rotatable bonds is 3. The Kier molecular flexibility index (Phi) is 3.26. The van der Waals surface area contributed by atoms with Crippen molar-refractivity contribution in [2.45, 2.75) is 26.7 Å². The molecular weight excluding hydrogens is 188 g/mol. The number of H-pyrrole nitrogens is 1. The van der Waals surface area contributed by atoms with Gasteiger partial charge in [-0.3, -0.25) is 5.10 Å². The van der Waals surface area contributed by atoms with Gasteiger partial charge in [0.25, 0.3) is 0 Å².